The quantitative estimate of drug-likeness (QED) is 0.622. The fraction of sp³-hybridized carbons (Fsp3) is 0.375. The second kappa shape index (κ2) is 7.58. The second-order valence-electron chi connectivity index (χ2n) is 5.15. The third-order valence-electron chi connectivity index (χ3n) is 3.73. The highest BCUT2D eigenvalue weighted by molar-refractivity contribution is 6.05. The average Bonchev–Trinajstić information content (AvgIpc) is 3.02. The number of hydrogen-bond donors (Lipinski definition) is 1. The molecule has 0 atom stereocenters. The summed E-state index contributed by atoms with van der Waals surface area (Å²) in [5.41, 5.74) is 1.14. The molecule has 0 saturated carbocycles. The maximum atomic E-state index is 12.3. The Labute approximate surface area is 140 Å². The summed E-state index contributed by atoms with van der Waals surface area (Å²) < 4.78 is 1.37. The van der Waals surface area contributed by atoms with Crippen LogP contribution in [0.2, 0.25) is 0 Å². The number of hydrogen-bond acceptors (Lipinski definition) is 5. The molecule has 0 aliphatic carbocycles. The summed E-state index contributed by atoms with van der Waals surface area (Å²) in [6.45, 7) is 8.17. The highest BCUT2D eigenvalue weighted by atomic mass is 16.6. The van der Waals surface area contributed by atoms with Crippen LogP contribution in [0.25, 0.3) is 0 Å². The van der Waals surface area contributed by atoms with Crippen molar-refractivity contribution in [3.63, 3.8) is 0 Å². The molecule has 1 amide bonds. The number of carbonyl (C=O) groups is 1. The molecule has 1 heterocycles. The summed E-state index contributed by atoms with van der Waals surface area (Å²) in [5.74, 6) is -0.593. The number of rotatable bonds is 7. The van der Waals surface area contributed by atoms with E-state index in [0.717, 1.165) is 18.8 Å². The number of benzene rings is 1. The van der Waals surface area contributed by atoms with Crippen LogP contribution in [0.15, 0.2) is 30.5 Å². The van der Waals surface area contributed by atoms with E-state index in [1.807, 2.05) is 12.1 Å². The van der Waals surface area contributed by atoms with Crippen molar-refractivity contribution < 1.29 is 9.72 Å². The van der Waals surface area contributed by atoms with Gasteiger partial charge in [-0.25, -0.2) is 0 Å². The number of nitro groups is 1. The molecule has 1 aromatic heterocycles. The first kappa shape index (κ1) is 17.5. The highest BCUT2D eigenvalue weighted by Crippen LogP contribution is 2.21. The fourth-order valence-corrected chi connectivity index (χ4v) is 2.40. The standard InChI is InChI=1S/C16H21N5O3/c1-4-19(5-2)13-9-7-12(8-10-13)17-16(22)15-14(21(23)24)11-20(6-3)18-15/h7-11H,4-6H2,1-3H3,(H,17,22). The van der Waals surface area contributed by atoms with Gasteiger partial charge in [0.15, 0.2) is 0 Å². The Bertz CT molecular complexity index is 720. The molecule has 8 nitrogen and oxygen atoms in total. The van der Waals surface area contributed by atoms with Gasteiger partial charge in [-0.15, -0.1) is 0 Å². The number of aryl methyl sites for hydroxylation is 1. The zero-order valence-corrected chi connectivity index (χ0v) is 14.0. The Hall–Kier alpha value is -2.90. The molecule has 24 heavy (non-hydrogen) atoms. The number of anilines is 2. The molecule has 0 aliphatic rings. The van der Waals surface area contributed by atoms with Crippen LogP contribution in [0.5, 0.6) is 0 Å². The van der Waals surface area contributed by atoms with E-state index in [-0.39, 0.29) is 11.4 Å². The van der Waals surface area contributed by atoms with Crippen LogP contribution in [0, 0.1) is 10.1 Å². The first-order chi connectivity index (χ1) is 11.5. The van der Waals surface area contributed by atoms with E-state index in [1.54, 1.807) is 19.1 Å². The summed E-state index contributed by atoms with van der Waals surface area (Å²) in [6, 6.07) is 7.35. The monoisotopic (exact) mass is 331 g/mol. The van der Waals surface area contributed by atoms with Gasteiger partial charge in [-0.1, -0.05) is 0 Å². The lowest BCUT2D eigenvalue weighted by Crippen LogP contribution is -2.21. The Morgan fingerprint density at radius 1 is 1.25 bits per heavy atom. The van der Waals surface area contributed by atoms with Crippen molar-refractivity contribution in [1.82, 2.24) is 9.78 Å². The SMILES string of the molecule is CCN(CC)c1ccc(NC(=O)c2nn(CC)cc2[N+](=O)[O-])cc1. The summed E-state index contributed by atoms with van der Waals surface area (Å²) in [5, 5.41) is 17.7. The first-order valence-corrected chi connectivity index (χ1v) is 7.88. The van der Waals surface area contributed by atoms with Crippen LogP contribution in [-0.2, 0) is 6.54 Å². The van der Waals surface area contributed by atoms with Gasteiger partial charge in [0, 0.05) is 31.0 Å². The predicted molar refractivity (Wildman–Crippen MR) is 92.5 cm³/mol. The van der Waals surface area contributed by atoms with Crippen LogP contribution >= 0.6 is 0 Å². The lowest BCUT2D eigenvalue weighted by atomic mass is 10.2. The molecule has 0 aliphatic heterocycles. The summed E-state index contributed by atoms with van der Waals surface area (Å²) >= 11 is 0. The van der Waals surface area contributed by atoms with Gasteiger partial charge in [0.1, 0.15) is 6.20 Å². The third-order valence-corrected chi connectivity index (χ3v) is 3.73. The molecule has 0 radical (unpaired) electrons. The topological polar surface area (TPSA) is 93.3 Å². The van der Waals surface area contributed by atoms with Crippen LogP contribution in [0.1, 0.15) is 31.3 Å². The molecule has 1 N–H and O–H groups in total. The summed E-state index contributed by atoms with van der Waals surface area (Å²) in [7, 11) is 0. The van der Waals surface area contributed by atoms with Gasteiger partial charge >= 0.3 is 5.69 Å². The molecule has 1 aromatic carbocycles. The molecular weight excluding hydrogens is 310 g/mol. The molecule has 0 bridgehead atoms. The van der Waals surface area contributed by atoms with Crippen LogP contribution in [-0.4, -0.2) is 33.7 Å². The van der Waals surface area contributed by atoms with Gasteiger partial charge in [-0.3, -0.25) is 19.6 Å². The number of aromatic nitrogens is 2. The zero-order chi connectivity index (χ0) is 17.7. The number of carbonyl (C=O) groups excluding carboxylic acids is 1. The maximum absolute atomic E-state index is 12.3. The van der Waals surface area contributed by atoms with Crippen molar-refractivity contribution in [2.45, 2.75) is 27.3 Å². The molecule has 0 saturated heterocycles. The highest BCUT2D eigenvalue weighted by Gasteiger charge is 2.25. The average molecular weight is 331 g/mol. The molecule has 128 valence electrons. The summed E-state index contributed by atoms with van der Waals surface area (Å²) in [4.78, 5) is 24.9. The molecule has 2 aromatic rings. The molecule has 8 heteroatoms. The van der Waals surface area contributed by atoms with Gasteiger partial charge in [-0.05, 0) is 45.0 Å². The lowest BCUT2D eigenvalue weighted by molar-refractivity contribution is -0.385. The van der Waals surface area contributed by atoms with Gasteiger partial charge in [0.05, 0.1) is 4.92 Å². The Balaban J connectivity index is 2.18. The molecule has 0 unspecified atom stereocenters. The van der Waals surface area contributed by atoms with Gasteiger partial charge < -0.3 is 10.2 Å². The van der Waals surface area contributed by atoms with E-state index in [0.29, 0.717) is 12.2 Å². The van der Waals surface area contributed by atoms with Crippen molar-refractivity contribution in [1.29, 1.82) is 0 Å². The van der Waals surface area contributed by atoms with Crippen molar-refractivity contribution in [3.05, 3.63) is 46.3 Å². The van der Waals surface area contributed by atoms with E-state index in [9.17, 15) is 14.9 Å². The second-order valence-corrected chi connectivity index (χ2v) is 5.15. The van der Waals surface area contributed by atoms with Gasteiger partial charge in [0.2, 0.25) is 5.69 Å². The normalized spacial score (nSPS) is 10.5. The van der Waals surface area contributed by atoms with E-state index < -0.39 is 10.8 Å². The zero-order valence-electron chi connectivity index (χ0n) is 14.0. The lowest BCUT2D eigenvalue weighted by Gasteiger charge is -2.21. The minimum atomic E-state index is -0.600. The number of nitrogens with zero attached hydrogens (tertiary/aromatic N) is 4. The molecule has 2 rings (SSSR count). The van der Waals surface area contributed by atoms with Crippen LogP contribution < -0.4 is 10.2 Å². The Morgan fingerprint density at radius 3 is 2.38 bits per heavy atom. The van der Waals surface area contributed by atoms with Gasteiger partial charge in [-0.2, -0.15) is 5.10 Å². The molecule has 0 fully saturated rings. The Morgan fingerprint density at radius 2 is 1.88 bits per heavy atom. The van der Waals surface area contributed by atoms with Crippen molar-refractivity contribution >= 4 is 23.0 Å². The minimum Gasteiger partial charge on any atom is -0.372 e. The van der Waals surface area contributed by atoms with E-state index in [1.165, 1.54) is 10.9 Å². The fourth-order valence-electron chi connectivity index (χ4n) is 2.40. The first-order valence-electron chi connectivity index (χ1n) is 7.88. The minimum absolute atomic E-state index is 0.185. The maximum Gasteiger partial charge on any atom is 0.320 e. The van der Waals surface area contributed by atoms with Crippen molar-refractivity contribution in [3.8, 4) is 0 Å². The van der Waals surface area contributed by atoms with E-state index >= 15 is 0 Å². The Kier molecular flexibility index (Phi) is 5.51. The van der Waals surface area contributed by atoms with Gasteiger partial charge in [0.25, 0.3) is 5.91 Å². The summed E-state index contributed by atoms with van der Waals surface area (Å²) in [6.07, 6.45) is 1.26. The number of nitrogens with one attached hydrogen (secondary N) is 1. The van der Waals surface area contributed by atoms with Crippen molar-refractivity contribution in [2.75, 3.05) is 23.3 Å². The van der Waals surface area contributed by atoms with E-state index in [2.05, 4.69) is 29.2 Å². The largest absolute Gasteiger partial charge is 0.372 e. The van der Waals surface area contributed by atoms with E-state index in [4.69, 9.17) is 0 Å². The van der Waals surface area contributed by atoms with Crippen LogP contribution in [0.4, 0.5) is 17.1 Å². The molecular formula is C16H21N5O3. The third kappa shape index (κ3) is 3.70. The molecule has 0 spiro atoms. The van der Waals surface area contributed by atoms with Crippen LogP contribution in [0.3, 0.4) is 0 Å². The smallest absolute Gasteiger partial charge is 0.320 e. The predicted octanol–water partition coefficient (Wildman–Crippen LogP) is 2.91. The van der Waals surface area contributed by atoms with Crippen molar-refractivity contribution in [2.24, 2.45) is 0 Å². The number of amides is 1.